The number of carbonyl (C=O) groups is 1. The second-order valence-electron chi connectivity index (χ2n) is 6.19. The molecule has 1 aliphatic rings. The Morgan fingerprint density at radius 1 is 1.25 bits per heavy atom. The smallest absolute Gasteiger partial charge is 0.272 e. The SMILES string of the molecule is CNCCNC(=O)c1nn(-c2ccc(C)cc2C)c2c1CCC2.Cl. The van der Waals surface area contributed by atoms with Crippen LogP contribution in [0.3, 0.4) is 0 Å². The summed E-state index contributed by atoms with van der Waals surface area (Å²) >= 11 is 0. The molecule has 0 bridgehead atoms. The molecule has 5 nitrogen and oxygen atoms in total. The quantitative estimate of drug-likeness (QED) is 0.815. The summed E-state index contributed by atoms with van der Waals surface area (Å²) in [6, 6.07) is 6.35. The van der Waals surface area contributed by atoms with E-state index < -0.39 is 0 Å². The van der Waals surface area contributed by atoms with Crippen molar-refractivity contribution < 1.29 is 4.79 Å². The average Bonchev–Trinajstić information content (AvgIpc) is 3.10. The van der Waals surface area contributed by atoms with Gasteiger partial charge in [0.25, 0.3) is 5.91 Å². The predicted molar refractivity (Wildman–Crippen MR) is 98.6 cm³/mol. The molecule has 0 spiro atoms. The summed E-state index contributed by atoms with van der Waals surface area (Å²) < 4.78 is 1.98. The minimum absolute atomic E-state index is 0. The molecule has 3 rings (SSSR count). The number of halogens is 1. The Labute approximate surface area is 149 Å². The van der Waals surface area contributed by atoms with Crippen LogP contribution in [0.4, 0.5) is 0 Å². The van der Waals surface area contributed by atoms with Crippen LogP contribution >= 0.6 is 12.4 Å². The zero-order valence-electron chi connectivity index (χ0n) is 14.5. The number of amides is 1. The van der Waals surface area contributed by atoms with E-state index in [9.17, 15) is 4.79 Å². The van der Waals surface area contributed by atoms with E-state index >= 15 is 0 Å². The number of rotatable bonds is 5. The van der Waals surface area contributed by atoms with Gasteiger partial charge in [0, 0.05) is 24.3 Å². The number of aromatic nitrogens is 2. The second kappa shape index (κ2) is 7.81. The number of fused-ring (bicyclic) bond motifs is 1. The molecule has 0 aliphatic heterocycles. The van der Waals surface area contributed by atoms with Gasteiger partial charge in [-0.1, -0.05) is 17.7 Å². The Kier molecular flexibility index (Phi) is 6.02. The number of likely N-dealkylation sites (N-methyl/N-ethyl adjacent to an activating group) is 1. The van der Waals surface area contributed by atoms with Gasteiger partial charge in [-0.3, -0.25) is 4.79 Å². The van der Waals surface area contributed by atoms with E-state index in [1.165, 1.54) is 16.8 Å². The lowest BCUT2D eigenvalue weighted by Gasteiger charge is -2.09. The minimum atomic E-state index is -0.0677. The van der Waals surface area contributed by atoms with Gasteiger partial charge in [0.05, 0.1) is 5.69 Å². The lowest BCUT2D eigenvalue weighted by atomic mass is 10.1. The van der Waals surface area contributed by atoms with Crippen molar-refractivity contribution in [2.24, 2.45) is 0 Å². The van der Waals surface area contributed by atoms with Gasteiger partial charge < -0.3 is 10.6 Å². The molecule has 0 saturated carbocycles. The van der Waals surface area contributed by atoms with E-state index in [1.54, 1.807) is 0 Å². The van der Waals surface area contributed by atoms with Gasteiger partial charge in [-0.25, -0.2) is 4.68 Å². The normalized spacial score (nSPS) is 12.6. The van der Waals surface area contributed by atoms with Gasteiger partial charge in [0.2, 0.25) is 0 Å². The number of benzene rings is 1. The van der Waals surface area contributed by atoms with Crippen molar-refractivity contribution >= 4 is 18.3 Å². The molecule has 0 fully saturated rings. The molecule has 0 radical (unpaired) electrons. The van der Waals surface area contributed by atoms with Crippen LogP contribution in [0, 0.1) is 13.8 Å². The number of carbonyl (C=O) groups excluding carboxylic acids is 1. The molecule has 1 amide bonds. The third-order valence-electron chi connectivity index (χ3n) is 4.39. The molecule has 1 aromatic heterocycles. The largest absolute Gasteiger partial charge is 0.349 e. The van der Waals surface area contributed by atoms with E-state index in [-0.39, 0.29) is 18.3 Å². The van der Waals surface area contributed by atoms with Crippen LogP contribution in [0.5, 0.6) is 0 Å². The third-order valence-corrected chi connectivity index (χ3v) is 4.39. The summed E-state index contributed by atoms with van der Waals surface area (Å²) in [4.78, 5) is 12.4. The number of hydrogen-bond acceptors (Lipinski definition) is 3. The highest BCUT2D eigenvalue weighted by molar-refractivity contribution is 5.94. The molecule has 1 aromatic carbocycles. The number of nitrogens with zero attached hydrogens (tertiary/aromatic N) is 2. The Morgan fingerprint density at radius 2 is 2.04 bits per heavy atom. The van der Waals surface area contributed by atoms with Crippen LogP contribution in [0.1, 0.15) is 39.3 Å². The highest BCUT2D eigenvalue weighted by Crippen LogP contribution is 2.29. The molecule has 24 heavy (non-hydrogen) atoms. The lowest BCUT2D eigenvalue weighted by molar-refractivity contribution is 0.0948. The van der Waals surface area contributed by atoms with Crippen LogP contribution in [0.15, 0.2) is 18.2 Å². The Morgan fingerprint density at radius 3 is 2.75 bits per heavy atom. The first-order chi connectivity index (χ1) is 11.1. The number of aryl methyl sites for hydroxylation is 2. The van der Waals surface area contributed by atoms with E-state index in [0.29, 0.717) is 12.2 Å². The number of hydrogen-bond donors (Lipinski definition) is 2. The van der Waals surface area contributed by atoms with Crippen molar-refractivity contribution in [1.82, 2.24) is 20.4 Å². The summed E-state index contributed by atoms with van der Waals surface area (Å²) in [5, 5.41) is 10.6. The zero-order valence-corrected chi connectivity index (χ0v) is 15.3. The van der Waals surface area contributed by atoms with Crippen LogP contribution in [0.2, 0.25) is 0 Å². The first-order valence-corrected chi connectivity index (χ1v) is 8.23. The van der Waals surface area contributed by atoms with Crippen LogP contribution in [0.25, 0.3) is 5.69 Å². The standard InChI is InChI=1S/C18H24N4O.ClH/c1-12-7-8-15(13(2)11-12)22-16-6-4-5-14(16)17(21-22)18(23)20-10-9-19-3;/h7-8,11,19H,4-6,9-10H2,1-3H3,(H,20,23);1H. The topological polar surface area (TPSA) is 58.9 Å². The van der Waals surface area contributed by atoms with Gasteiger partial charge >= 0.3 is 0 Å². The molecular formula is C18H25ClN4O. The first kappa shape index (κ1) is 18.5. The summed E-state index contributed by atoms with van der Waals surface area (Å²) in [6.45, 7) is 5.55. The maximum atomic E-state index is 12.4. The fourth-order valence-electron chi connectivity index (χ4n) is 3.25. The molecule has 1 heterocycles. The third kappa shape index (κ3) is 3.47. The van der Waals surface area contributed by atoms with Gasteiger partial charge in [-0.05, 0) is 51.8 Å². The fraction of sp³-hybridized carbons (Fsp3) is 0.444. The molecule has 0 atom stereocenters. The van der Waals surface area contributed by atoms with Crippen LogP contribution in [-0.4, -0.2) is 35.8 Å². The molecule has 6 heteroatoms. The molecular weight excluding hydrogens is 324 g/mol. The molecule has 2 N–H and O–H groups in total. The van der Waals surface area contributed by atoms with Crippen molar-refractivity contribution in [3.63, 3.8) is 0 Å². The number of nitrogens with one attached hydrogen (secondary N) is 2. The highest BCUT2D eigenvalue weighted by Gasteiger charge is 2.27. The zero-order chi connectivity index (χ0) is 16.4. The molecule has 130 valence electrons. The lowest BCUT2D eigenvalue weighted by Crippen LogP contribution is -2.31. The first-order valence-electron chi connectivity index (χ1n) is 8.23. The summed E-state index contributed by atoms with van der Waals surface area (Å²) in [5.74, 6) is -0.0677. The monoisotopic (exact) mass is 348 g/mol. The molecule has 0 saturated heterocycles. The maximum absolute atomic E-state index is 12.4. The summed E-state index contributed by atoms with van der Waals surface area (Å²) in [6.07, 6.45) is 3.02. The van der Waals surface area contributed by atoms with Crippen molar-refractivity contribution in [2.75, 3.05) is 20.1 Å². The van der Waals surface area contributed by atoms with Crippen molar-refractivity contribution in [2.45, 2.75) is 33.1 Å². The molecule has 0 unspecified atom stereocenters. The van der Waals surface area contributed by atoms with Crippen molar-refractivity contribution in [3.05, 3.63) is 46.3 Å². The van der Waals surface area contributed by atoms with Gasteiger partial charge in [0.15, 0.2) is 5.69 Å². The van der Waals surface area contributed by atoms with E-state index in [2.05, 4.69) is 47.8 Å². The van der Waals surface area contributed by atoms with E-state index in [4.69, 9.17) is 0 Å². The Hall–Kier alpha value is -1.85. The highest BCUT2D eigenvalue weighted by atomic mass is 35.5. The molecule has 1 aliphatic carbocycles. The van der Waals surface area contributed by atoms with E-state index in [1.807, 2.05) is 11.7 Å². The summed E-state index contributed by atoms with van der Waals surface area (Å²) in [7, 11) is 1.87. The predicted octanol–water partition coefficient (Wildman–Crippen LogP) is 2.35. The average molecular weight is 349 g/mol. The van der Waals surface area contributed by atoms with Crippen LogP contribution in [-0.2, 0) is 12.8 Å². The van der Waals surface area contributed by atoms with Gasteiger partial charge in [0.1, 0.15) is 0 Å². The van der Waals surface area contributed by atoms with Crippen LogP contribution < -0.4 is 10.6 Å². The second-order valence-corrected chi connectivity index (χ2v) is 6.19. The Balaban J connectivity index is 0.00000208. The fourth-order valence-corrected chi connectivity index (χ4v) is 3.25. The van der Waals surface area contributed by atoms with Crippen molar-refractivity contribution in [1.29, 1.82) is 0 Å². The van der Waals surface area contributed by atoms with Gasteiger partial charge in [-0.15, -0.1) is 12.4 Å². The van der Waals surface area contributed by atoms with Crippen molar-refractivity contribution in [3.8, 4) is 5.69 Å². The summed E-state index contributed by atoms with van der Waals surface area (Å²) in [5.41, 5.74) is 6.39. The van der Waals surface area contributed by atoms with E-state index in [0.717, 1.165) is 37.1 Å². The minimum Gasteiger partial charge on any atom is -0.349 e. The maximum Gasteiger partial charge on any atom is 0.272 e. The Bertz CT molecular complexity index is 739. The van der Waals surface area contributed by atoms with Gasteiger partial charge in [-0.2, -0.15) is 5.10 Å². The molecule has 2 aromatic rings.